The summed E-state index contributed by atoms with van der Waals surface area (Å²) in [6, 6.07) is 0. The Kier molecular flexibility index (Phi) is 3.03. The summed E-state index contributed by atoms with van der Waals surface area (Å²) in [5, 5.41) is 4.59. The second-order valence-corrected chi connectivity index (χ2v) is 6.27. The zero-order valence-electron chi connectivity index (χ0n) is 7.79. The van der Waals surface area contributed by atoms with E-state index in [1.54, 1.807) is 13.0 Å². The molecule has 0 aliphatic heterocycles. The van der Waals surface area contributed by atoms with Gasteiger partial charge in [0.1, 0.15) is 4.75 Å². The van der Waals surface area contributed by atoms with E-state index in [0.717, 1.165) is 5.57 Å². The number of halogens is 2. The Morgan fingerprint density at radius 3 is 2.50 bits per heavy atom. The third kappa shape index (κ3) is 1.72. The molecule has 0 spiro atoms. The van der Waals surface area contributed by atoms with Crippen LogP contribution in [0.3, 0.4) is 0 Å². The van der Waals surface area contributed by atoms with Gasteiger partial charge >= 0.3 is 0 Å². The fourth-order valence-corrected chi connectivity index (χ4v) is 2.78. The van der Waals surface area contributed by atoms with Gasteiger partial charge in [0.15, 0.2) is 0 Å². The number of alkyl halides is 1. The van der Waals surface area contributed by atoms with Crippen molar-refractivity contribution in [2.75, 3.05) is 0 Å². The highest BCUT2D eigenvalue weighted by molar-refractivity contribution is 7.90. The smallest absolute Gasteiger partial charge is 0.220 e. The van der Waals surface area contributed by atoms with Crippen LogP contribution in [0.4, 0.5) is 0 Å². The normalized spacial score (nSPS) is 33.6. The van der Waals surface area contributed by atoms with Crippen LogP contribution < -0.4 is 5.14 Å². The molecular weight excluding hydrogens is 245 g/mol. The molecule has 0 aromatic heterocycles. The molecule has 0 aromatic carbocycles. The Morgan fingerprint density at radius 2 is 2.07 bits per heavy atom. The predicted molar refractivity (Wildman–Crippen MR) is 58.8 cm³/mol. The molecule has 0 heterocycles. The summed E-state index contributed by atoms with van der Waals surface area (Å²) in [6.07, 6.45) is 3.09. The Morgan fingerprint density at radius 1 is 1.57 bits per heavy atom. The summed E-state index contributed by atoms with van der Waals surface area (Å²) in [7, 11) is -3.77. The second-order valence-electron chi connectivity index (χ2n) is 3.46. The van der Waals surface area contributed by atoms with Gasteiger partial charge in [0, 0.05) is 5.03 Å². The molecule has 2 unspecified atom stereocenters. The highest BCUT2D eigenvalue weighted by Crippen LogP contribution is 2.37. The molecule has 1 aliphatic carbocycles. The molecule has 0 amide bonds. The van der Waals surface area contributed by atoms with E-state index in [0.29, 0.717) is 5.03 Å². The van der Waals surface area contributed by atoms with E-state index in [9.17, 15) is 8.42 Å². The molecule has 0 saturated carbocycles. The van der Waals surface area contributed by atoms with Gasteiger partial charge in [-0.25, -0.2) is 13.6 Å². The maximum Gasteiger partial charge on any atom is 0.220 e. The van der Waals surface area contributed by atoms with Crippen LogP contribution in [0.15, 0.2) is 22.8 Å². The fourth-order valence-electron chi connectivity index (χ4n) is 1.15. The van der Waals surface area contributed by atoms with E-state index >= 15 is 0 Å². The zero-order valence-corrected chi connectivity index (χ0v) is 10.1. The van der Waals surface area contributed by atoms with Crippen molar-refractivity contribution in [2.24, 2.45) is 5.14 Å². The molecule has 1 aliphatic rings. The number of allylic oxidation sites excluding steroid dienone is 3. The molecule has 0 aromatic rings. The lowest BCUT2D eigenvalue weighted by Crippen LogP contribution is -2.47. The summed E-state index contributed by atoms with van der Waals surface area (Å²) in [5.74, 6) is 0. The SMILES string of the molecule is CC1=C(Cl)C(Cl)C(C)(S(N)(=O)=O)C=C1. The maximum absolute atomic E-state index is 11.3. The first-order valence-electron chi connectivity index (χ1n) is 3.92. The summed E-state index contributed by atoms with van der Waals surface area (Å²) in [5.41, 5.74) is 0.757. The van der Waals surface area contributed by atoms with Crippen molar-refractivity contribution in [1.82, 2.24) is 0 Å². The van der Waals surface area contributed by atoms with Gasteiger partial charge in [-0.2, -0.15) is 0 Å². The van der Waals surface area contributed by atoms with E-state index in [-0.39, 0.29) is 0 Å². The first kappa shape index (κ1) is 12.0. The monoisotopic (exact) mass is 255 g/mol. The topological polar surface area (TPSA) is 60.2 Å². The number of hydrogen-bond donors (Lipinski definition) is 1. The molecule has 1 rings (SSSR count). The quantitative estimate of drug-likeness (QED) is 0.726. The molecule has 80 valence electrons. The average molecular weight is 256 g/mol. The van der Waals surface area contributed by atoms with Gasteiger partial charge in [-0.15, -0.1) is 11.6 Å². The van der Waals surface area contributed by atoms with Gasteiger partial charge in [-0.1, -0.05) is 23.8 Å². The minimum absolute atomic E-state index is 0.325. The van der Waals surface area contributed by atoms with Crippen molar-refractivity contribution in [1.29, 1.82) is 0 Å². The minimum Gasteiger partial charge on any atom is -0.228 e. The second kappa shape index (κ2) is 3.52. The molecule has 3 nitrogen and oxygen atoms in total. The lowest BCUT2D eigenvalue weighted by atomic mass is 9.97. The van der Waals surface area contributed by atoms with Crippen LogP contribution in [-0.2, 0) is 10.0 Å². The molecule has 0 bridgehead atoms. The summed E-state index contributed by atoms with van der Waals surface area (Å²) >= 11 is 11.8. The minimum atomic E-state index is -3.77. The number of primary sulfonamides is 1. The molecule has 0 fully saturated rings. The first-order valence-corrected chi connectivity index (χ1v) is 6.28. The molecule has 0 saturated heterocycles. The van der Waals surface area contributed by atoms with Gasteiger partial charge in [-0.05, 0) is 19.4 Å². The number of nitrogens with two attached hydrogens (primary N) is 1. The Bertz CT molecular complexity index is 413. The number of hydrogen-bond acceptors (Lipinski definition) is 2. The molecule has 2 N–H and O–H groups in total. The Labute approximate surface area is 93.6 Å². The van der Waals surface area contributed by atoms with Crippen molar-refractivity contribution < 1.29 is 8.42 Å². The van der Waals surface area contributed by atoms with Crippen molar-refractivity contribution in [2.45, 2.75) is 24.0 Å². The number of rotatable bonds is 1. The molecular formula is C8H11Cl2NO2S. The molecule has 2 atom stereocenters. The van der Waals surface area contributed by atoms with Gasteiger partial charge < -0.3 is 0 Å². The van der Waals surface area contributed by atoms with Crippen LogP contribution in [-0.4, -0.2) is 18.5 Å². The van der Waals surface area contributed by atoms with Gasteiger partial charge in [0.05, 0.1) is 5.38 Å². The molecule has 6 heteroatoms. The van der Waals surface area contributed by atoms with Crippen LogP contribution >= 0.6 is 23.2 Å². The third-order valence-electron chi connectivity index (χ3n) is 2.38. The highest BCUT2D eigenvalue weighted by Gasteiger charge is 2.44. The lowest BCUT2D eigenvalue weighted by Gasteiger charge is -2.31. The van der Waals surface area contributed by atoms with E-state index in [1.807, 2.05) is 0 Å². The standard InChI is InChI=1S/C8H11Cl2NO2S/c1-5-3-4-8(2,14(11,12)13)7(10)6(5)9/h3-4,7H,1-2H3,(H2,11,12,13). The van der Waals surface area contributed by atoms with Gasteiger partial charge in [-0.3, -0.25) is 0 Å². The number of sulfonamides is 1. The average Bonchev–Trinajstić information content (AvgIpc) is 2.06. The van der Waals surface area contributed by atoms with Crippen molar-refractivity contribution >= 4 is 33.2 Å². The summed E-state index contributed by atoms with van der Waals surface area (Å²) < 4.78 is 21.3. The van der Waals surface area contributed by atoms with E-state index in [1.165, 1.54) is 13.0 Å². The lowest BCUT2D eigenvalue weighted by molar-refractivity contribution is 0.564. The molecule has 14 heavy (non-hydrogen) atoms. The largest absolute Gasteiger partial charge is 0.228 e. The van der Waals surface area contributed by atoms with Gasteiger partial charge in [0.25, 0.3) is 0 Å². The van der Waals surface area contributed by atoms with Gasteiger partial charge in [0.2, 0.25) is 10.0 Å². The van der Waals surface area contributed by atoms with Crippen LogP contribution in [0.2, 0.25) is 0 Å². The first-order chi connectivity index (χ1) is 6.20. The van der Waals surface area contributed by atoms with Crippen molar-refractivity contribution in [3.8, 4) is 0 Å². The predicted octanol–water partition coefficient (Wildman–Crippen LogP) is 1.72. The van der Waals surface area contributed by atoms with Crippen molar-refractivity contribution in [3.05, 3.63) is 22.8 Å². The highest BCUT2D eigenvalue weighted by atomic mass is 35.5. The van der Waals surface area contributed by atoms with E-state index < -0.39 is 20.1 Å². The zero-order chi connectivity index (χ0) is 11.1. The van der Waals surface area contributed by atoms with Crippen LogP contribution in [0.5, 0.6) is 0 Å². The van der Waals surface area contributed by atoms with Crippen molar-refractivity contribution in [3.63, 3.8) is 0 Å². The third-order valence-corrected chi connectivity index (χ3v) is 5.41. The van der Waals surface area contributed by atoms with Crippen LogP contribution in [0.25, 0.3) is 0 Å². The Hall–Kier alpha value is -0.0300. The summed E-state index contributed by atoms with van der Waals surface area (Å²) in [4.78, 5) is 0. The van der Waals surface area contributed by atoms with E-state index in [4.69, 9.17) is 28.3 Å². The fraction of sp³-hybridized carbons (Fsp3) is 0.500. The summed E-state index contributed by atoms with van der Waals surface area (Å²) in [6.45, 7) is 3.21. The Balaban J connectivity index is 3.29. The van der Waals surface area contributed by atoms with E-state index in [2.05, 4.69) is 0 Å². The van der Waals surface area contributed by atoms with Crippen LogP contribution in [0, 0.1) is 0 Å². The maximum atomic E-state index is 11.3. The molecule has 0 radical (unpaired) electrons. The van der Waals surface area contributed by atoms with Crippen LogP contribution in [0.1, 0.15) is 13.8 Å².